The smallest absolute Gasteiger partial charge is 0.266 e. The van der Waals surface area contributed by atoms with Gasteiger partial charge in [-0.05, 0) is 42.7 Å². The lowest BCUT2D eigenvalue weighted by Gasteiger charge is -2.13. The molecule has 0 amide bonds. The summed E-state index contributed by atoms with van der Waals surface area (Å²) in [5.41, 5.74) is 2.82. The van der Waals surface area contributed by atoms with Gasteiger partial charge in [-0.2, -0.15) is 0 Å². The van der Waals surface area contributed by atoms with Crippen LogP contribution in [0, 0.1) is 0 Å². The standard InChI is InChI=1S/C20H22N2O2S/c1-3-15-9-11-16(12-10-15)22-19(23)17-7-4-5-8-18(17)21-20(22)25-14-6-13-24-2/h4-5,7-12H,3,6,13-14H2,1-2H3. The predicted molar refractivity (Wildman–Crippen MR) is 104 cm³/mol. The summed E-state index contributed by atoms with van der Waals surface area (Å²) in [6.45, 7) is 2.83. The van der Waals surface area contributed by atoms with Gasteiger partial charge in [-0.15, -0.1) is 0 Å². The Balaban J connectivity index is 2.08. The number of hydrogen-bond acceptors (Lipinski definition) is 4. The van der Waals surface area contributed by atoms with E-state index >= 15 is 0 Å². The first kappa shape index (κ1) is 17.7. The highest BCUT2D eigenvalue weighted by Gasteiger charge is 2.13. The van der Waals surface area contributed by atoms with Crippen LogP contribution in [0.2, 0.25) is 0 Å². The summed E-state index contributed by atoms with van der Waals surface area (Å²) in [5.74, 6) is 0.853. The first-order valence-electron chi connectivity index (χ1n) is 8.47. The van der Waals surface area contributed by atoms with E-state index in [0.29, 0.717) is 12.0 Å². The zero-order chi connectivity index (χ0) is 17.6. The van der Waals surface area contributed by atoms with Gasteiger partial charge < -0.3 is 4.74 Å². The molecule has 1 aromatic heterocycles. The zero-order valence-corrected chi connectivity index (χ0v) is 15.4. The van der Waals surface area contributed by atoms with Gasteiger partial charge in [-0.25, -0.2) is 4.98 Å². The number of thioether (sulfide) groups is 1. The lowest BCUT2D eigenvalue weighted by molar-refractivity contribution is 0.200. The number of rotatable bonds is 7. The molecule has 0 bridgehead atoms. The maximum atomic E-state index is 13.1. The summed E-state index contributed by atoms with van der Waals surface area (Å²) in [5, 5.41) is 1.37. The Bertz CT molecular complexity index is 904. The number of benzene rings is 2. The Labute approximate surface area is 151 Å². The molecule has 0 aliphatic rings. The van der Waals surface area contributed by atoms with Crippen molar-refractivity contribution in [2.45, 2.75) is 24.9 Å². The number of ether oxygens (including phenoxy) is 1. The minimum absolute atomic E-state index is 0.0240. The molecule has 0 aliphatic carbocycles. The summed E-state index contributed by atoms with van der Waals surface area (Å²) in [7, 11) is 1.70. The molecule has 0 saturated heterocycles. The molecule has 3 aromatic rings. The predicted octanol–water partition coefficient (Wildman–Crippen LogP) is 4.08. The van der Waals surface area contributed by atoms with E-state index in [4.69, 9.17) is 9.72 Å². The fourth-order valence-electron chi connectivity index (χ4n) is 2.68. The van der Waals surface area contributed by atoms with Crippen molar-refractivity contribution in [2.24, 2.45) is 0 Å². The highest BCUT2D eigenvalue weighted by Crippen LogP contribution is 2.22. The van der Waals surface area contributed by atoms with Crippen LogP contribution in [0.5, 0.6) is 0 Å². The fourth-order valence-corrected chi connectivity index (χ4v) is 3.61. The van der Waals surface area contributed by atoms with Crippen LogP contribution in [0.25, 0.3) is 16.6 Å². The van der Waals surface area contributed by atoms with Crippen LogP contribution in [0.15, 0.2) is 58.5 Å². The number of aryl methyl sites for hydroxylation is 1. The third-order valence-corrected chi connectivity index (χ3v) is 5.10. The average molecular weight is 354 g/mol. The van der Waals surface area contributed by atoms with Gasteiger partial charge in [0.05, 0.1) is 16.6 Å². The average Bonchev–Trinajstić information content (AvgIpc) is 2.66. The van der Waals surface area contributed by atoms with Crippen molar-refractivity contribution in [1.29, 1.82) is 0 Å². The Kier molecular flexibility index (Phi) is 5.89. The molecule has 0 fully saturated rings. The highest BCUT2D eigenvalue weighted by molar-refractivity contribution is 7.99. The van der Waals surface area contributed by atoms with E-state index in [9.17, 15) is 4.79 Å². The molecule has 2 aromatic carbocycles. The van der Waals surface area contributed by atoms with E-state index < -0.39 is 0 Å². The van der Waals surface area contributed by atoms with Crippen molar-refractivity contribution in [2.75, 3.05) is 19.5 Å². The topological polar surface area (TPSA) is 44.1 Å². The van der Waals surface area contributed by atoms with Gasteiger partial charge in [0, 0.05) is 19.5 Å². The third-order valence-electron chi connectivity index (χ3n) is 4.07. The van der Waals surface area contributed by atoms with Gasteiger partial charge in [-0.1, -0.05) is 43.0 Å². The molecule has 4 nitrogen and oxygen atoms in total. The van der Waals surface area contributed by atoms with Gasteiger partial charge in [0.2, 0.25) is 0 Å². The van der Waals surface area contributed by atoms with E-state index in [1.54, 1.807) is 23.4 Å². The maximum absolute atomic E-state index is 13.1. The van der Waals surface area contributed by atoms with Gasteiger partial charge in [0.1, 0.15) is 0 Å². The van der Waals surface area contributed by atoms with Crippen molar-refractivity contribution in [1.82, 2.24) is 9.55 Å². The summed E-state index contributed by atoms with van der Waals surface area (Å²) in [6.07, 6.45) is 1.89. The molecular formula is C20H22N2O2S. The van der Waals surface area contributed by atoms with E-state index in [1.807, 2.05) is 36.4 Å². The van der Waals surface area contributed by atoms with Crippen molar-refractivity contribution in [3.63, 3.8) is 0 Å². The largest absolute Gasteiger partial charge is 0.385 e. The van der Waals surface area contributed by atoms with Crippen LogP contribution in [-0.4, -0.2) is 29.0 Å². The van der Waals surface area contributed by atoms with Gasteiger partial charge in [-0.3, -0.25) is 9.36 Å². The normalized spacial score (nSPS) is 11.1. The molecule has 1 heterocycles. The van der Waals surface area contributed by atoms with E-state index in [0.717, 1.165) is 35.0 Å². The summed E-state index contributed by atoms with van der Waals surface area (Å²) in [4.78, 5) is 17.8. The number of fused-ring (bicyclic) bond motifs is 1. The molecule has 0 aliphatic heterocycles. The first-order chi connectivity index (χ1) is 12.2. The van der Waals surface area contributed by atoms with E-state index in [2.05, 4.69) is 19.1 Å². The van der Waals surface area contributed by atoms with E-state index in [1.165, 1.54) is 5.56 Å². The molecule has 0 spiro atoms. The van der Waals surface area contributed by atoms with Crippen molar-refractivity contribution in [3.05, 3.63) is 64.4 Å². The lowest BCUT2D eigenvalue weighted by Crippen LogP contribution is -2.21. The summed E-state index contributed by atoms with van der Waals surface area (Å²) < 4.78 is 6.83. The van der Waals surface area contributed by atoms with Crippen molar-refractivity contribution < 1.29 is 4.74 Å². The van der Waals surface area contributed by atoms with Crippen molar-refractivity contribution in [3.8, 4) is 5.69 Å². The molecule has 130 valence electrons. The summed E-state index contributed by atoms with van der Waals surface area (Å²) >= 11 is 1.59. The molecule has 0 N–H and O–H groups in total. The minimum atomic E-state index is -0.0240. The Morgan fingerprint density at radius 1 is 1.12 bits per heavy atom. The highest BCUT2D eigenvalue weighted by atomic mass is 32.2. The fraction of sp³-hybridized carbons (Fsp3) is 0.300. The minimum Gasteiger partial charge on any atom is -0.385 e. The number of aromatic nitrogens is 2. The second kappa shape index (κ2) is 8.32. The van der Waals surface area contributed by atoms with Crippen molar-refractivity contribution >= 4 is 22.7 Å². The number of hydrogen-bond donors (Lipinski definition) is 0. The monoisotopic (exact) mass is 354 g/mol. The second-order valence-electron chi connectivity index (χ2n) is 5.77. The van der Waals surface area contributed by atoms with Crippen LogP contribution < -0.4 is 5.56 Å². The number of para-hydroxylation sites is 1. The second-order valence-corrected chi connectivity index (χ2v) is 6.83. The molecule has 25 heavy (non-hydrogen) atoms. The van der Waals surface area contributed by atoms with E-state index in [-0.39, 0.29) is 5.56 Å². The molecule has 0 atom stereocenters. The first-order valence-corrected chi connectivity index (χ1v) is 9.46. The SMILES string of the molecule is CCc1ccc(-n2c(SCCCOC)nc3ccccc3c2=O)cc1. The molecular weight excluding hydrogens is 332 g/mol. The van der Waals surface area contributed by atoms with Gasteiger partial charge in [0.25, 0.3) is 5.56 Å². The third kappa shape index (κ3) is 3.94. The molecule has 0 unspecified atom stereocenters. The van der Waals surface area contributed by atoms with Gasteiger partial charge >= 0.3 is 0 Å². The Hall–Kier alpha value is -2.11. The molecule has 0 radical (unpaired) electrons. The number of nitrogens with zero attached hydrogens (tertiary/aromatic N) is 2. The van der Waals surface area contributed by atoms with Gasteiger partial charge in [0.15, 0.2) is 5.16 Å². The van der Waals surface area contributed by atoms with Crippen LogP contribution >= 0.6 is 11.8 Å². The molecule has 0 saturated carbocycles. The van der Waals surface area contributed by atoms with Crippen LogP contribution in [-0.2, 0) is 11.2 Å². The Morgan fingerprint density at radius 2 is 1.88 bits per heavy atom. The molecule has 5 heteroatoms. The summed E-state index contributed by atoms with van der Waals surface area (Å²) in [6, 6.07) is 15.6. The zero-order valence-electron chi connectivity index (χ0n) is 14.6. The molecule has 3 rings (SSSR count). The number of methoxy groups -OCH3 is 1. The quantitative estimate of drug-likeness (QED) is 0.364. The van der Waals surface area contributed by atoms with Crippen LogP contribution in [0.3, 0.4) is 0 Å². The van der Waals surface area contributed by atoms with Crippen LogP contribution in [0.4, 0.5) is 0 Å². The lowest BCUT2D eigenvalue weighted by atomic mass is 10.1. The maximum Gasteiger partial charge on any atom is 0.266 e. The van der Waals surface area contributed by atoms with Crippen LogP contribution in [0.1, 0.15) is 18.9 Å². The Morgan fingerprint density at radius 3 is 2.60 bits per heavy atom.